The number of unbranched alkanes of at least 4 members (excludes halogenated alkanes) is 2. The predicted molar refractivity (Wildman–Crippen MR) is 275 cm³/mol. The lowest BCUT2D eigenvalue weighted by molar-refractivity contribution is -0.199. The van der Waals surface area contributed by atoms with E-state index in [2.05, 4.69) is 83.9 Å². The standard InChI is InChI=1S/C54H81BN6O11/c1-10-11-16-36-18-20-37(21-19-36)38-22-24-39(25-23-38)47(63)60-41(17-12-13-27-56-51(67)70-52(4,5)6)49(65)61-43-33-69-29-15-14-28-68-30-26-42(59-46(62)34(2)57-50(43)66)48(64)58-35(3)55-71-45-32-40-31-44(53(40,7)8)54(45,9)72-55/h18-25,34-35,40-45H,10-17,26-33H2,1-9H3,(H,56,67)(H,57,66)(H,58,64)(H,59,62)(H,60,63)(H,61,65)/t34-,35-,40-,41-,42-,43-,44-,45+,54-/m0/s1. The van der Waals surface area contributed by atoms with Gasteiger partial charge in [0.25, 0.3) is 5.91 Å². The molecule has 5 aliphatic rings. The van der Waals surface area contributed by atoms with Crippen LogP contribution in [0.1, 0.15) is 142 Å². The third kappa shape index (κ3) is 15.0. The molecule has 2 aromatic carbocycles. The van der Waals surface area contributed by atoms with Crippen LogP contribution in [0.5, 0.6) is 0 Å². The van der Waals surface area contributed by atoms with Gasteiger partial charge in [-0.1, -0.05) is 63.6 Å². The van der Waals surface area contributed by atoms with Crippen LogP contribution < -0.4 is 31.9 Å². The van der Waals surface area contributed by atoms with Gasteiger partial charge in [0.05, 0.1) is 24.3 Å². The van der Waals surface area contributed by atoms with E-state index in [4.69, 9.17) is 23.5 Å². The van der Waals surface area contributed by atoms with E-state index in [0.717, 1.165) is 43.2 Å². The van der Waals surface area contributed by atoms with Crippen molar-refractivity contribution in [1.29, 1.82) is 0 Å². The molecule has 2 heterocycles. The quantitative estimate of drug-likeness (QED) is 0.0852. The molecule has 5 fully saturated rings. The Morgan fingerprint density at radius 1 is 0.861 bits per heavy atom. The summed E-state index contributed by atoms with van der Waals surface area (Å²) in [6, 6.07) is 11.0. The van der Waals surface area contributed by atoms with Crippen molar-refractivity contribution in [2.45, 2.75) is 180 Å². The molecule has 17 nitrogen and oxygen atoms in total. The maximum Gasteiger partial charge on any atom is 0.481 e. The number of amides is 6. The Bertz CT molecular complexity index is 2170. The average Bonchev–Trinajstić information content (AvgIpc) is 3.70. The first-order chi connectivity index (χ1) is 34.2. The van der Waals surface area contributed by atoms with E-state index in [9.17, 15) is 28.8 Å². The second-order valence-electron chi connectivity index (χ2n) is 22.0. The number of aryl methyl sites for hydroxylation is 1. The van der Waals surface area contributed by atoms with Gasteiger partial charge in [0.15, 0.2) is 0 Å². The molecular weight excluding hydrogens is 919 g/mol. The number of carbonyl (C=O) groups excluding carboxylic acids is 6. The summed E-state index contributed by atoms with van der Waals surface area (Å²) < 4.78 is 30.1. The van der Waals surface area contributed by atoms with Crippen LogP contribution in [0.15, 0.2) is 48.5 Å². The molecule has 0 unspecified atom stereocenters. The summed E-state index contributed by atoms with van der Waals surface area (Å²) in [7, 11) is -0.658. The molecule has 0 aromatic heterocycles. The first-order valence-electron chi connectivity index (χ1n) is 26.4. The Balaban J connectivity index is 1.09. The average molecular weight is 1000 g/mol. The molecule has 18 heteroatoms. The van der Waals surface area contributed by atoms with Crippen LogP contribution in [-0.4, -0.2) is 123 Å². The number of nitrogens with one attached hydrogen (secondary N) is 6. The first kappa shape index (κ1) is 56.3. The smallest absolute Gasteiger partial charge is 0.444 e. The molecule has 2 bridgehead atoms. The number of hydrogen-bond acceptors (Lipinski definition) is 11. The third-order valence-corrected chi connectivity index (χ3v) is 14.9. The molecule has 7 rings (SSSR count). The van der Waals surface area contributed by atoms with Crippen LogP contribution in [0, 0.1) is 17.3 Å². The van der Waals surface area contributed by atoms with E-state index in [1.807, 2.05) is 19.1 Å². The largest absolute Gasteiger partial charge is 0.481 e. The zero-order valence-corrected chi connectivity index (χ0v) is 44.1. The summed E-state index contributed by atoms with van der Waals surface area (Å²) in [5.41, 5.74) is 2.61. The highest BCUT2D eigenvalue weighted by molar-refractivity contribution is 6.47. The number of rotatable bonds is 16. The van der Waals surface area contributed by atoms with Gasteiger partial charge in [-0.05, 0) is 152 Å². The van der Waals surface area contributed by atoms with Crippen molar-refractivity contribution in [1.82, 2.24) is 31.9 Å². The number of hydrogen-bond donors (Lipinski definition) is 6. The first-order valence-corrected chi connectivity index (χ1v) is 26.4. The Labute approximate surface area is 427 Å². The minimum absolute atomic E-state index is 0.0604. The monoisotopic (exact) mass is 1000 g/mol. The molecule has 9 atom stereocenters. The van der Waals surface area contributed by atoms with Gasteiger partial charge in [-0.3, -0.25) is 24.0 Å². The van der Waals surface area contributed by atoms with Crippen molar-refractivity contribution in [2.75, 3.05) is 33.0 Å². The van der Waals surface area contributed by atoms with Crippen molar-refractivity contribution >= 4 is 42.7 Å². The van der Waals surface area contributed by atoms with E-state index in [1.54, 1.807) is 32.9 Å². The molecule has 0 radical (unpaired) electrons. The molecule has 6 amide bonds. The van der Waals surface area contributed by atoms with Gasteiger partial charge < -0.3 is 55.4 Å². The van der Waals surface area contributed by atoms with Crippen molar-refractivity contribution in [2.24, 2.45) is 17.3 Å². The highest BCUT2D eigenvalue weighted by Crippen LogP contribution is 2.65. The van der Waals surface area contributed by atoms with Gasteiger partial charge in [0.2, 0.25) is 23.6 Å². The highest BCUT2D eigenvalue weighted by atomic mass is 16.7. The number of benzene rings is 2. The molecule has 3 aliphatic carbocycles. The predicted octanol–water partition coefficient (Wildman–Crippen LogP) is 5.95. The van der Waals surface area contributed by atoms with E-state index in [-0.39, 0.29) is 50.7 Å². The normalized spacial score (nSPS) is 26.6. The zero-order valence-electron chi connectivity index (χ0n) is 44.1. The maximum absolute atomic E-state index is 14.2. The number of alkyl carbamates (subject to hydrolysis) is 1. The number of ether oxygens (including phenoxy) is 3. The van der Waals surface area contributed by atoms with Gasteiger partial charge in [0, 0.05) is 31.9 Å². The van der Waals surface area contributed by atoms with Crippen LogP contribution in [0.2, 0.25) is 0 Å². The summed E-state index contributed by atoms with van der Waals surface area (Å²) in [6.07, 6.45) is 7.09. The second-order valence-corrected chi connectivity index (χ2v) is 22.0. The maximum atomic E-state index is 14.2. The Morgan fingerprint density at radius 2 is 1.54 bits per heavy atom. The molecule has 6 N–H and O–H groups in total. The topological polar surface area (TPSA) is 221 Å². The lowest BCUT2D eigenvalue weighted by atomic mass is 9.43. The Morgan fingerprint density at radius 3 is 2.21 bits per heavy atom. The van der Waals surface area contributed by atoms with Gasteiger partial charge in [-0.2, -0.15) is 0 Å². The SMILES string of the molecule is CCCCc1ccc(-c2ccc(C(=O)N[C@@H](CCCCNC(=O)OC(C)(C)C)C(=O)N[C@H]3COCCCCOCC[C@@H](C(=O)N[C@@H](C)B4O[C@@H]5C[C@@H]6C[C@@H](C6(C)C)[C@]5(C)O4)NC(=O)[C@H](C)NC3=O)cc2)cc1. The minimum atomic E-state index is -1.26. The van der Waals surface area contributed by atoms with Crippen LogP contribution in [0.25, 0.3) is 11.1 Å². The molecule has 2 aliphatic heterocycles. The van der Waals surface area contributed by atoms with E-state index >= 15 is 0 Å². The van der Waals surface area contributed by atoms with E-state index in [1.165, 1.54) is 12.5 Å². The third-order valence-electron chi connectivity index (χ3n) is 14.9. The summed E-state index contributed by atoms with van der Waals surface area (Å²) in [5.74, 6) is -2.47. The second kappa shape index (κ2) is 25.3. The van der Waals surface area contributed by atoms with Crippen LogP contribution in [0.4, 0.5) is 4.79 Å². The summed E-state index contributed by atoms with van der Waals surface area (Å²) in [6.45, 7) is 18.4. The van der Waals surface area contributed by atoms with Crippen molar-refractivity contribution in [3.8, 4) is 11.1 Å². The summed E-state index contributed by atoms with van der Waals surface area (Å²) in [4.78, 5) is 81.9. The minimum Gasteiger partial charge on any atom is -0.444 e. The molecule has 72 heavy (non-hydrogen) atoms. The lowest BCUT2D eigenvalue weighted by Crippen LogP contribution is -2.65. The Hall–Kier alpha value is -5.04. The molecule has 396 valence electrons. The molecule has 3 saturated carbocycles. The summed E-state index contributed by atoms with van der Waals surface area (Å²) in [5, 5.41) is 16.9. The Kier molecular flexibility index (Phi) is 19.7. The van der Waals surface area contributed by atoms with Crippen molar-refractivity contribution in [3.63, 3.8) is 0 Å². The van der Waals surface area contributed by atoms with E-state index in [0.29, 0.717) is 49.7 Å². The van der Waals surface area contributed by atoms with Gasteiger partial charge in [0.1, 0.15) is 29.8 Å². The molecule has 0 spiro atoms. The lowest BCUT2D eigenvalue weighted by Gasteiger charge is -2.64. The van der Waals surface area contributed by atoms with Crippen LogP contribution >= 0.6 is 0 Å². The van der Waals surface area contributed by atoms with Gasteiger partial charge in [-0.15, -0.1) is 0 Å². The zero-order chi connectivity index (χ0) is 52.2. The van der Waals surface area contributed by atoms with Crippen molar-refractivity contribution < 1.29 is 52.3 Å². The molecular formula is C54H81BN6O11. The highest BCUT2D eigenvalue weighted by Gasteiger charge is 2.68. The fourth-order valence-corrected chi connectivity index (χ4v) is 10.4. The number of carbonyl (C=O) groups is 6. The molecule has 2 saturated heterocycles. The van der Waals surface area contributed by atoms with E-state index < -0.39 is 84.1 Å². The fourth-order valence-electron chi connectivity index (χ4n) is 10.4. The van der Waals surface area contributed by atoms with Gasteiger partial charge >= 0.3 is 13.2 Å². The van der Waals surface area contributed by atoms with Crippen molar-refractivity contribution in [3.05, 3.63) is 59.7 Å². The van der Waals surface area contributed by atoms with Crippen LogP contribution in [-0.2, 0) is 49.1 Å². The van der Waals surface area contributed by atoms with Crippen LogP contribution in [0.3, 0.4) is 0 Å². The molecule has 2 aromatic rings. The van der Waals surface area contributed by atoms with Gasteiger partial charge in [-0.25, -0.2) is 4.79 Å². The fraction of sp³-hybridized carbons (Fsp3) is 0.667. The summed E-state index contributed by atoms with van der Waals surface area (Å²) >= 11 is 0.